The lowest BCUT2D eigenvalue weighted by Crippen LogP contribution is -2.26. The molecule has 0 saturated carbocycles. The number of methoxy groups -OCH3 is 1. The minimum absolute atomic E-state index is 0.173. The average molecular weight is 424 g/mol. The Bertz CT molecular complexity index is 512. The molecule has 0 atom stereocenters. The molecule has 0 saturated heterocycles. The molecule has 0 aliphatic heterocycles. The van der Waals surface area contributed by atoms with Crippen molar-refractivity contribution < 1.29 is 23.8 Å². The first-order valence-corrected chi connectivity index (χ1v) is 7.91. The van der Waals surface area contributed by atoms with Crippen molar-refractivity contribution in [2.75, 3.05) is 20.3 Å². The molecule has 5 nitrogen and oxygen atoms in total. The molecular formula is C14H16Br2O5. The normalized spacial score (nSPS) is 10.4. The largest absolute Gasteiger partial charge is 0.495 e. The van der Waals surface area contributed by atoms with Crippen LogP contribution < -0.4 is 4.74 Å². The molecule has 21 heavy (non-hydrogen) atoms. The molecule has 0 spiro atoms. The summed E-state index contributed by atoms with van der Waals surface area (Å²) in [5.74, 6) is -2.13. The molecule has 7 heteroatoms. The highest BCUT2D eigenvalue weighted by Gasteiger charge is 2.35. The maximum absolute atomic E-state index is 12.1. The highest BCUT2D eigenvalue weighted by molar-refractivity contribution is 9.11. The molecule has 0 N–H and O–H groups in total. The molecule has 0 heterocycles. The fourth-order valence-corrected chi connectivity index (χ4v) is 3.23. The summed E-state index contributed by atoms with van der Waals surface area (Å²) < 4.78 is 16.6. The number of carbonyl (C=O) groups is 2. The third-order valence-electron chi connectivity index (χ3n) is 2.60. The summed E-state index contributed by atoms with van der Waals surface area (Å²) in [6.07, 6.45) is 0. The fourth-order valence-electron chi connectivity index (χ4n) is 1.81. The van der Waals surface area contributed by atoms with Crippen LogP contribution in [0.5, 0.6) is 5.75 Å². The van der Waals surface area contributed by atoms with Gasteiger partial charge in [-0.2, -0.15) is 0 Å². The van der Waals surface area contributed by atoms with E-state index in [2.05, 4.69) is 31.9 Å². The van der Waals surface area contributed by atoms with Gasteiger partial charge < -0.3 is 14.2 Å². The van der Waals surface area contributed by atoms with E-state index in [0.717, 1.165) is 0 Å². The van der Waals surface area contributed by atoms with E-state index in [-0.39, 0.29) is 13.2 Å². The van der Waals surface area contributed by atoms with Crippen LogP contribution in [0.2, 0.25) is 0 Å². The van der Waals surface area contributed by atoms with Crippen LogP contribution in [-0.4, -0.2) is 32.3 Å². The van der Waals surface area contributed by atoms with Crippen molar-refractivity contribution in [3.05, 3.63) is 26.6 Å². The van der Waals surface area contributed by atoms with E-state index in [4.69, 9.17) is 14.2 Å². The molecule has 0 aromatic heterocycles. The summed E-state index contributed by atoms with van der Waals surface area (Å²) in [6.45, 7) is 3.70. The zero-order valence-corrected chi connectivity index (χ0v) is 15.1. The van der Waals surface area contributed by atoms with E-state index < -0.39 is 17.9 Å². The Morgan fingerprint density at radius 2 is 1.62 bits per heavy atom. The van der Waals surface area contributed by atoms with Gasteiger partial charge in [-0.15, -0.1) is 0 Å². The Kier molecular flexibility index (Phi) is 7.17. The highest BCUT2D eigenvalue weighted by atomic mass is 79.9. The molecule has 0 aliphatic rings. The minimum Gasteiger partial charge on any atom is -0.495 e. The third kappa shape index (κ3) is 4.44. The van der Waals surface area contributed by atoms with Crippen LogP contribution >= 0.6 is 31.9 Å². The molecule has 1 aromatic rings. The first kappa shape index (κ1) is 18.0. The maximum Gasteiger partial charge on any atom is 0.325 e. The monoisotopic (exact) mass is 422 g/mol. The Labute approximate surface area is 140 Å². The van der Waals surface area contributed by atoms with Gasteiger partial charge in [-0.05, 0) is 41.9 Å². The van der Waals surface area contributed by atoms with Gasteiger partial charge in [-0.3, -0.25) is 9.59 Å². The number of hydrogen-bond donors (Lipinski definition) is 0. The summed E-state index contributed by atoms with van der Waals surface area (Å²) in [5.41, 5.74) is 0.385. The van der Waals surface area contributed by atoms with Gasteiger partial charge in [0, 0.05) is 10.0 Å². The number of carbonyl (C=O) groups excluding carboxylic acids is 2. The second kappa shape index (κ2) is 8.38. The SMILES string of the molecule is CCOC(=O)C(C(=O)OCC)c1cc(Br)cc(Br)c1OC. The van der Waals surface area contributed by atoms with Crippen molar-refractivity contribution in [1.29, 1.82) is 0 Å². The van der Waals surface area contributed by atoms with Crippen molar-refractivity contribution in [3.63, 3.8) is 0 Å². The van der Waals surface area contributed by atoms with E-state index in [9.17, 15) is 9.59 Å². The second-order valence-corrected chi connectivity index (χ2v) is 5.72. The predicted molar refractivity (Wildman–Crippen MR) is 84.4 cm³/mol. The van der Waals surface area contributed by atoms with Crippen LogP contribution in [0.1, 0.15) is 25.3 Å². The van der Waals surface area contributed by atoms with Gasteiger partial charge in [0.1, 0.15) is 5.75 Å². The van der Waals surface area contributed by atoms with Gasteiger partial charge >= 0.3 is 11.9 Å². The lowest BCUT2D eigenvalue weighted by atomic mass is 9.98. The van der Waals surface area contributed by atoms with Crippen LogP contribution in [0.4, 0.5) is 0 Å². The molecule has 116 valence electrons. The molecule has 0 amide bonds. The topological polar surface area (TPSA) is 61.8 Å². The van der Waals surface area contributed by atoms with Crippen LogP contribution in [-0.2, 0) is 19.1 Å². The van der Waals surface area contributed by atoms with Gasteiger partial charge in [0.25, 0.3) is 0 Å². The smallest absolute Gasteiger partial charge is 0.325 e. The van der Waals surface area contributed by atoms with Crippen LogP contribution in [0, 0.1) is 0 Å². The standard InChI is InChI=1S/C14H16Br2O5/c1-4-20-13(17)11(14(18)21-5-2)9-6-8(15)7-10(16)12(9)19-3/h6-7,11H,4-5H2,1-3H3. The quantitative estimate of drug-likeness (QED) is 0.518. The molecular weight excluding hydrogens is 408 g/mol. The van der Waals surface area contributed by atoms with Gasteiger partial charge in [0.05, 0.1) is 24.8 Å². The van der Waals surface area contributed by atoms with Crippen molar-refractivity contribution in [1.82, 2.24) is 0 Å². The summed E-state index contributed by atoms with van der Waals surface area (Å²) in [7, 11) is 1.46. The van der Waals surface area contributed by atoms with Crippen molar-refractivity contribution >= 4 is 43.8 Å². The number of rotatable bonds is 6. The third-order valence-corrected chi connectivity index (χ3v) is 3.64. The molecule has 0 radical (unpaired) electrons. The lowest BCUT2D eigenvalue weighted by molar-refractivity contribution is -0.157. The predicted octanol–water partition coefficient (Wildman–Crippen LogP) is 3.43. The van der Waals surface area contributed by atoms with Gasteiger partial charge in [-0.1, -0.05) is 15.9 Å². The fraction of sp³-hybridized carbons (Fsp3) is 0.429. The van der Waals surface area contributed by atoms with Gasteiger partial charge in [0.2, 0.25) is 0 Å². The van der Waals surface area contributed by atoms with Crippen LogP contribution in [0.25, 0.3) is 0 Å². The molecule has 0 fully saturated rings. The second-order valence-electron chi connectivity index (χ2n) is 3.95. The van der Waals surface area contributed by atoms with Crippen molar-refractivity contribution in [2.24, 2.45) is 0 Å². The Hall–Kier alpha value is -1.08. The van der Waals surface area contributed by atoms with Crippen molar-refractivity contribution in [3.8, 4) is 5.75 Å². The van der Waals surface area contributed by atoms with E-state index in [1.807, 2.05) is 0 Å². The van der Waals surface area contributed by atoms with E-state index >= 15 is 0 Å². The first-order valence-electron chi connectivity index (χ1n) is 6.32. The van der Waals surface area contributed by atoms with Gasteiger partial charge in [0.15, 0.2) is 5.92 Å². The Morgan fingerprint density at radius 1 is 1.10 bits per heavy atom. The average Bonchev–Trinajstić information content (AvgIpc) is 2.39. The van der Waals surface area contributed by atoms with Gasteiger partial charge in [-0.25, -0.2) is 0 Å². The molecule has 0 unspecified atom stereocenters. The molecule has 1 rings (SSSR count). The summed E-state index contributed by atoms with van der Waals surface area (Å²) in [4.78, 5) is 24.3. The van der Waals surface area contributed by atoms with Crippen molar-refractivity contribution in [2.45, 2.75) is 19.8 Å². The van der Waals surface area contributed by atoms with E-state index in [0.29, 0.717) is 20.3 Å². The first-order chi connectivity index (χ1) is 9.96. The summed E-state index contributed by atoms with van der Waals surface area (Å²) in [6, 6.07) is 3.40. The number of halogens is 2. The number of hydrogen-bond acceptors (Lipinski definition) is 5. The minimum atomic E-state index is -1.19. The Balaban J connectivity index is 3.37. The lowest BCUT2D eigenvalue weighted by Gasteiger charge is -2.18. The zero-order valence-electron chi connectivity index (χ0n) is 11.9. The number of ether oxygens (including phenoxy) is 3. The zero-order chi connectivity index (χ0) is 16.0. The maximum atomic E-state index is 12.1. The molecule has 0 bridgehead atoms. The van der Waals surface area contributed by atoms with Crippen LogP contribution in [0.15, 0.2) is 21.1 Å². The van der Waals surface area contributed by atoms with E-state index in [1.165, 1.54) is 7.11 Å². The summed E-state index contributed by atoms with van der Waals surface area (Å²) >= 11 is 6.67. The molecule has 1 aromatic carbocycles. The van der Waals surface area contributed by atoms with E-state index in [1.54, 1.807) is 26.0 Å². The number of benzene rings is 1. The van der Waals surface area contributed by atoms with Crippen LogP contribution in [0.3, 0.4) is 0 Å². The highest BCUT2D eigenvalue weighted by Crippen LogP contribution is 2.38. The summed E-state index contributed by atoms with van der Waals surface area (Å²) in [5, 5.41) is 0. The number of esters is 2. The molecule has 0 aliphatic carbocycles. The Morgan fingerprint density at radius 3 is 2.05 bits per heavy atom.